The maximum Gasteiger partial charge on any atom is 0.410 e. The van der Waals surface area contributed by atoms with Crippen molar-refractivity contribution in [1.82, 2.24) is 45.3 Å². The van der Waals surface area contributed by atoms with E-state index < -0.39 is 42.4 Å². The van der Waals surface area contributed by atoms with E-state index in [0.717, 1.165) is 33.6 Å². The van der Waals surface area contributed by atoms with Crippen LogP contribution in [0.4, 0.5) is 14.4 Å². The molecule has 0 radical (unpaired) electrons. The van der Waals surface area contributed by atoms with Gasteiger partial charge in [-0.3, -0.25) is 14.5 Å². The molecule has 2 aromatic heterocycles. The number of nitrogens with zero attached hydrogens (tertiary/aromatic N) is 5. The number of ether oxygens (including phenoxy) is 3. The van der Waals surface area contributed by atoms with Crippen LogP contribution in [0.25, 0.3) is 33.6 Å². The van der Waals surface area contributed by atoms with Crippen LogP contribution in [-0.4, -0.2) is 118 Å². The van der Waals surface area contributed by atoms with E-state index in [1.165, 1.54) is 31.1 Å². The highest BCUT2D eigenvalue weighted by molar-refractivity contribution is 5.89. The zero-order valence-corrected chi connectivity index (χ0v) is 33.1. The summed E-state index contributed by atoms with van der Waals surface area (Å²) in [5, 5.41) is 5.17. The van der Waals surface area contributed by atoms with Crippen LogP contribution in [0.1, 0.15) is 44.5 Å². The summed E-state index contributed by atoms with van der Waals surface area (Å²) < 4.78 is 14.4. The van der Waals surface area contributed by atoms with Gasteiger partial charge in [-0.05, 0) is 40.7 Å². The molecule has 0 spiro atoms. The number of carbonyl (C=O) groups excluding carboxylic acids is 5. The first-order valence-electron chi connectivity index (χ1n) is 18.6. The molecule has 2 aromatic carbocycles. The Morgan fingerprint density at radius 2 is 1.29 bits per heavy atom. The Labute approximate surface area is 335 Å². The molecule has 4 atom stereocenters. The van der Waals surface area contributed by atoms with E-state index in [-0.39, 0.29) is 30.9 Å². The summed E-state index contributed by atoms with van der Waals surface area (Å²) in [6.45, 7) is 9.62. The second-order valence-corrected chi connectivity index (χ2v) is 14.3. The minimum atomic E-state index is -0.939. The van der Waals surface area contributed by atoms with Crippen molar-refractivity contribution < 1.29 is 38.2 Å². The molecule has 5 amide bonds. The summed E-state index contributed by atoms with van der Waals surface area (Å²) in [4.78, 5) is 84.1. The van der Waals surface area contributed by atoms with E-state index in [4.69, 9.17) is 14.2 Å². The lowest BCUT2D eigenvalue weighted by molar-refractivity contribution is -0.136. The fourth-order valence-corrected chi connectivity index (χ4v) is 6.94. The second-order valence-electron chi connectivity index (χ2n) is 14.3. The predicted octanol–water partition coefficient (Wildman–Crippen LogP) is 5.16. The van der Waals surface area contributed by atoms with E-state index >= 15 is 0 Å². The van der Waals surface area contributed by atoms with Crippen LogP contribution in [0, 0.1) is 5.92 Å². The van der Waals surface area contributed by atoms with Crippen LogP contribution in [0.15, 0.2) is 85.2 Å². The summed E-state index contributed by atoms with van der Waals surface area (Å²) in [6, 6.07) is 13.0. The van der Waals surface area contributed by atoms with Crippen LogP contribution >= 0.6 is 0 Å². The van der Waals surface area contributed by atoms with Crippen molar-refractivity contribution in [1.29, 1.82) is 0 Å². The van der Waals surface area contributed by atoms with E-state index in [9.17, 15) is 24.0 Å². The second kappa shape index (κ2) is 17.5. The van der Waals surface area contributed by atoms with Crippen molar-refractivity contribution in [2.24, 2.45) is 5.92 Å². The van der Waals surface area contributed by atoms with E-state index in [0.29, 0.717) is 23.8 Å². The maximum atomic E-state index is 13.8. The minimum Gasteiger partial charge on any atom is -0.453 e. The van der Waals surface area contributed by atoms with Gasteiger partial charge in [0.2, 0.25) is 5.91 Å². The number of rotatable bonds is 11. The Kier molecular flexibility index (Phi) is 12.3. The summed E-state index contributed by atoms with van der Waals surface area (Å²) >= 11 is 0. The average Bonchev–Trinajstić information content (AvgIpc) is 4.07. The lowest BCUT2D eigenvalue weighted by Crippen LogP contribution is -2.51. The third kappa shape index (κ3) is 8.57. The number of aromatic nitrogens is 4. The van der Waals surface area contributed by atoms with Gasteiger partial charge < -0.3 is 44.6 Å². The fraction of sp³-hybridized carbons (Fsp3) is 0.341. The molecular formula is C41H47N9O8. The smallest absolute Gasteiger partial charge is 0.410 e. The van der Waals surface area contributed by atoms with Gasteiger partial charge in [-0.25, -0.2) is 24.4 Å². The van der Waals surface area contributed by atoms with Gasteiger partial charge in [-0.1, -0.05) is 81.1 Å². The first kappa shape index (κ1) is 40.7. The van der Waals surface area contributed by atoms with Crippen LogP contribution in [0.5, 0.6) is 0 Å². The molecule has 2 aliphatic heterocycles. The van der Waals surface area contributed by atoms with Gasteiger partial charge in [0.05, 0.1) is 58.3 Å². The van der Waals surface area contributed by atoms with Crippen LogP contribution in [0.3, 0.4) is 0 Å². The highest BCUT2D eigenvalue weighted by Crippen LogP contribution is 2.32. The van der Waals surface area contributed by atoms with Gasteiger partial charge in [0, 0.05) is 6.54 Å². The zero-order valence-electron chi connectivity index (χ0n) is 33.1. The molecule has 4 aromatic rings. The van der Waals surface area contributed by atoms with Crippen molar-refractivity contribution in [3.05, 3.63) is 96.9 Å². The van der Waals surface area contributed by atoms with Gasteiger partial charge in [0.15, 0.2) is 0 Å². The van der Waals surface area contributed by atoms with Gasteiger partial charge >= 0.3 is 18.3 Å². The van der Waals surface area contributed by atoms with Crippen molar-refractivity contribution >= 4 is 30.1 Å². The highest BCUT2D eigenvalue weighted by atomic mass is 16.5. The first-order valence-corrected chi connectivity index (χ1v) is 18.6. The van der Waals surface area contributed by atoms with Crippen molar-refractivity contribution in [2.75, 3.05) is 41.1 Å². The monoisotopic (exact) mass is 793 g/mol. The Morgan fingerprint density at radius 1 is 0.759 bits per heavy atom. The average molecular weight is 794 g/mol. The highest BCUT2D eigenvalue weighted by Gasteiger charge is 2.42. The third-order valence-corrected chi connectivity index (χ3v) is 10.1. The molecule has 0 bridgehead atoms. The van der Waals surface area contributed by atoms with Gasteiger partial charge in [-0.15, -0.1) is 0 Å². The molecule has 0 unspecified atom stereocenters. The molecule has 2 aliphatic rings. The lowest BCUT2D eigenvalue weighted by atomic mass is 10.0. The third-order valence-electron chi connectivity index (χ3n) is 10.1. The number of carbonyl (C=O) groups is 5. The Bertz CT molecular complexity index is 2190. The summed E-state index contributed by atoms with van der Waals surface area (Å²) in [6.07, 6.45) is 5.15. The van der Waals surface area contributed by atoms with Crippen LogP contribution in [0.2, 0.25) is 0 Å². The number of H-pyrrole nitrogens is 2. The normalized spacial score (nSPS) is 17.2. The number of benzene rings is 2. The number of methoxy groups -OCH3 is 3. The molecule has 17 heteroatoms. The number of hydrogen-bond donors (Lipinski definition) is 4. The molecule has 1 fully saturated rings. The number of imidazole rings is 2. The Balaban J connectivity index is 1.14. The SMILES string of the molecule is C=C(C)[C@H](NC(=O)OC)C(=O)N1CC=C[C@H]1c1ncc(-c2ccc(-c3ccc(-c4cnc([C@@H]5CN(C(=O)OC)CN5C(=O)[C@@H](NC(=O)OC)C(C)C)[nH]4)cc3)cc2)[nH]1. The van der Waals surface area contributed by atoms with Crippen LogP contribution in [-0.2, 0) is 23.8 Å². The molecule has 304 valence electrons. The van der Waals surface area contributed by atoms with Gasteiger partial charge in [-0.2, -0.15) is 0 Å². The molecular weight excluding hydrogens is 747 g/mol. The van der Waals surface area contributed by atoms with E-state index in [1.807, 2.05) is 74.5 Å². The lowest BCUT2D eigenvalue weighted by Gasteiger charge is -2.29. The molecule has 6 rings (SSSR count). The van der Waals surface area contributed by atoms with Crippen molar-refractivity contribution in [2.45, 2.75) is 44.9 Å². The Hall–Kier alpha value is -6.91. The molecule has 4 N–H and O–H groups in total. The topological polar surface area (TPSA) is 204 Å². The van der Waals surface area contributed by atoms with Gasteiger partial charge in [0.1, 0.15) is 35.8 Å². The Morgan fingerprint density at radius 3 is 1.83 bits per heavy atom. The fourth-order valence-electron chi connectivity index (χ4n) is 6.94. The van der Waals surface area contributed by atoms with Crippen LogP contribution < -0.4 is 10.6 Å². The molecule has 0 saturated carbocycles. The number of alkyl carbamates (subject to hydrolysis) is 2. The standard InChI is InChI=1S/C41H47N9O8/c1-23(2)33(46-39(53)56-5)37(51)49-18-8-9-31(49)35-42-19-29(44-35)27-14-10-25(11-15-27)26-12-16-28(17-13-26)30-20-43-36(45-30)32-21-48(41(55)58-7)22-50(32)38(52)34(24(3)4)47-40(54)57-6/h8-17,19-20,24,31-34H,1,18,21-22H2,2-7H3,(H,42,44)(H,43,45)(H,46,53)(H,47,54)/t31-,32-,33-,34-/m0/s1. The van der Waals surface area contributed by atoms with E-state index in [2.05, 4.69) is 37.1 Å². The number of hydrogen-bond acceptors (Lipinski definition) is 10. The molecule has 17 nitrogen and oxygen atoms in total. The molecule has 4 heterocycles. The molecule has 1 saturated heterocycles. The van der Waals surface area contributed by atoms with Gasteiger partial charge in [0.25, 0.3) is 5.91 Å². The minimum absolute atomic E-state index is 0.0430. The number of amides is 5. The molecule has 58 heavy (non-hydrogen) atoms. The summed E-state index contributed by atoms with van der Waals surface area (Å²) in [7, 11) is 3.74. The zero-order chi connectivity index (χ0) is 41.7. The van der Waals surface area contributed by atoms with Crippen molar-refractivity contribution in [3.63, 3.8) is 0 Å². The first-order chi connectivity index (χ1) is 27.8. The van der Waals surface area contributed by atoms with Crippen molar-refractivity contribution in [3.8, 4) is 33.6 Å². The molecule has 0 aliphatic carbocycles. The van der Waals surface area contributed by atoms with E-state index in [1.54, 1.807) is 24.2 Å². The number of aromatic amines is 2. The predicted molar refractivity (Wildman–Crippen MR) is 213 cm³/mol. The summed E-state index contributed by atoms with van der Waals surface area (Å²) in [5.74, 6) is 0.0997. The number of nitrogens with one attached hydrogen (secondary N) is 4. The maximum absolute atomic E-state index is 13.8. The quantitative estimate of drug-likeness (QED) is 0.116. The summed E-state index contributed by atoms with van der Waals surface area (Å²) in [5.41, 5.74) is 5.72. The largest absolute Gasteiger partial charge is 0.453 e.